The van der Waals surface area contributed by atoms with Crippen molar-refractivity contribution < 1.29 is 14.7 Å². The van der Waals surface area contributed by atoms with Crippen LogP contribution < -0.4 is 0 Å². The summed E-state index contributed by atoms with van der Waals surface area (Å²) >= 11 is 0. The van der Waals surface area contributed by atoms with Crippen molar-refractivity contribution in [2.24, 2.45) is 0 Å². The number of carboxylic acids is 1. The zero-order valence-electron chi connectivity index (χ0n) is 17.8. The smallest absolute Gasteiger partial charge is 0.323 e. The summed E-state index contributed by atoms with van der Waals surface area (Å²) in [5.41, 5.74) is 4.62. The molecule has 158 valence electrons. The third kappa shape index (κ3) is 5.29. The fraction of sp³-hybridized carbons (Fsp3) is 0.360. The minimum atomic E-state index is -0.979. The summed E-state index contributed by atoms with van der Waals surface area (Å²) in [6.45, 7) is 5.27. The first kappa shape index (κ1) is 21.6. The molecule has 0 unspecified atom stereocenters. The van der Waals surface area contributed by atoms with Gasteiger partial charge >= 0.3 is 5.97 Å². The van der Waals surface area contributed by atoms with E-state index in [-0.39, 0.29) is 12.5 Å². The minimum Gasteiger partial charge on any atom is -0.480 e. The standard InChI is InChI=1S/C25H30N2O3/c1-3-15-26-17-21(22-10-6-7-11-23(22)26)12-13-24(28)27(18-25(29)30)16-14-20-9-5-4-8-19(20)2/h4-11,17H,3,12-16,18H2,1-2H3,(H,29,30). The number of aromatic nitrogens is 1. The molecule has 1 aromatic heterocycles. The monoisotopic (exact) mass is 406 g/mol. The Bertz CT molecular complexity index is 1020. The molecule has 0 aliphatic rings. The fourth-order valence-corrected chi connectivity index (χ4v) is 3.95. The number of aryl methyl sites for hydroxylation is 3. The molecule has 5 heteroatoms. The lowest BCUT2D eigenvalue weighted by molar-refractivity contribution is -0.144. The summed E-state index contributed by atoms with van der Waals surface area (Å²) in [5, 5.41) is 10.4. The first-order valence-electron chi connectivity index (χ1n) is 10.6. The van der Waals surface area contributed by atoms with Gasteiger partial charge in [0.05, 0.1) is 0 Å². The van der Waals surface area contributed by atoms with Crippen LogP contribution in [0.15, 0.2) is 54.7 Å². The molecule has 0 saturated carbocycles. The van der Waals surface area contributed by atoms with Gasteiger partial charge in [-0.3, -0.25) is 9.59 Å². The van der Waals surface area contributed by atoms with E-state index in [4.69, 9.17) is 0 Å². The summed E-state index contributed by atoms with van der Waals surface area (Å²) < 4.78 is 2.24. The highest BCUT2D eigenvalue weighted by atomic mass is 16.4. The summed E-state index contributed by atoms with van der Waals surface area (Å²) in [6, 6.07) is 16.3. The maximum Gasteiger partial charge on any atom is 0.323 e. The molecule has 1 heterocycles. The highest BCUT2D eigenvalue weighted by Gasteiger charge is 2.18. The van der Waals surface area contributed by atoms with E-state index < -0.39 is 5.97 Å². The molecule has 2 aromatic carbocycles. The van der Waals surface area contributed by atoms with Crippen LogP contribution in [0.5, 0.6) is 0 Å². The lowest BCUT2D eigenvalue weighted by Crippen LogP contribution is -2.37. The van der Waals surface area contributed by atoms with Gasteiger partial charge in [0, 0.05) is 36.6 Å². The van der Waals surface area contributed by atoms with Crippen LogP contribution in [0.2, 0.25) is 0 Å². The van der Waals surface area contributed by atoms with Crippen molar-refractivity contribution in [3.63, 3.8) is 0 Å². The molecule has 1 amide bonds. The molecule has 1 N–H and O–H groups in total. The molecular formula is C25H30N2O3. The lowest BCUT2D eigenvalue weighted by atomic mass is 10.1. The van der Waals surface area contributed by atoms with Crippen LogP contribution in [0.3, 0.4) is 0 Å². The van der Waals surface area contributed by atoms with Crippen molar-refractivity contribution >= 4 is 22.8 Å². The molecule has 0 spiro atoms. The van der Waals surface area contributed by atoms with Gasteiger partial charge in [-0.1, -0.05) is 49.4 Å². The van der Waals surface area contributed by atoms with E-state index in [1.165, 1.54) is 15.8 Å². The number of rotatable bonds is 10. The largest absolute Gasteiger partial charge is 0.480 e. The Labute approximate surface area is 177 Å². The van der Waals surface area contributed by atoms with E-state index in [0.29, 0.717) is 25.8 Å². The van der Waals surface area contributed by atoms with E-state index in [1.54, 1.807) is 0 Å². The molecule has 0 fully saturated rings. The first-order chi connectivity index (χ1) is 14.5. The van der Waals surface area contributed by atoms with E-state index in [2.05, 4.69) is 29.8 Å². The number of benzene rings is 2. The van der Waals surface area contributed by atoms with Gasteiger partial charge in [0.25, 0.3) is 0 Å². The number of aliphatic carboxylic acids is 1. The van der Waals surface area contributed by atoms with Crippen LogP contribution in [0.4, 0.5) is 0 Å². The third-order valence-corrected chi connectivity index (χ3v) is 5.53. The van der Waals surface area contributed by atoms with Crippen molar-refractivity contribution in [2.45, 2.75) is 46.1 Å². The van der Waals surface area contributed by atoms with E-state index in [1.807, 2.05) is 43.3 Å². The van der Waals surface area contributed by atoms with Gasteiger partial charge < -0.3 is 14.6 Å². The average Bonchev–Trinajstić information content (AvgIpc) is 3.08. The van der Waals surface area contributed by atoms with E-state index >= 15 is 0 Å². The molecule has 5 nitrogen and oxygen atoms in total. The Morgan fingerprint density at radius 1 is 1.00 bits per heavy atom. The van der Waals surface area contributed by atoms with Crippen molar-refractivity contribution in [1.82, 2.24) is 9.47 Å². The normalized spacial score (nSPS) is 11.0. The van der Waals surface area contributed by atoms with Crippen molar-refractivity contribution in [2.75, 3.05) is 13.1 Å². The maximum absolute atomic E-state index is 12.9. The fourth-order valence-electron chi connectivity index (χ4n) is 3.95. The van der Waals surface area contributed by atoms with Gasteiger partial charge in [-0.05, 0) is 48.9 Å². The Hall–Kier alpha value is -3.08. The zero-order chi connectivity index (χ0) is 21.5. The average molecular weight is 407 g/mol. The Morgan fingerprint density at radius 3 is 2.47 bits per heavy atom. The van der Waals surface area contributed by atoms with Crippen LogP contribution in [0.25, 0.3) is 10.9 Å². The number of hydrogen-bond donors (Lipinski definition) is 1. The quantitative estimate of drug-likeness (QED) is 0.541. The number of amides is 1. The zero-order valence-corrected chi connectivity index (χ0v) is 17.8. The summed E-state index contributed by atoms with van der Waals surface area (Å²) in [6.07, 6.45) is 4.75. The van der Waals surface area contributed by atoms with E-state index in [0.717, 1.165) is 29.7 Å². The van der Waals surface area contributed by atoms with Crippen LogP contribution >= 0.6 is 0 Å². The first-order valence-corrected chi connectivity index (χ1v) is 10.6. The number of fused-ring (bicyclic) bond motifs is 1. The van der Waals surface area contributed by atoms with Crippen molar-refractivity contribution in [1.29, 1.82) is 0 Å². The van der Waals surface area contributed by atoms with Gasteiger partial charge in [0.1, 0.15) is 6.54 Å². The summed E-state index contributed by atoms with van der Waals surface area (Å²) in [7, 11) is 0. The number of hydrogen-bond acceptors (Lipinski definition) is 2. The van der Waals surface area contributed by atoms with Gasteiger partial charge in [-0.25, -0.2) is 0 Å². The number of para-hydroxylation sites is 1. The molecule has 0 bridgehead atoms. The second-order valence-corrected chi connectivity index (χ2v) is 7.75. The Kier molecular flexibility index (Phi) is 7.28. The van der Waals surface area contributed by atoms with Crippen LogP contribution in [-0.2, 0) is 29.0 Å². The summed E-state index contributed by atoms with van der Waals surface area (Å²) in [4.78, 5) is 25.7. The molecule has 0 saturated heterocycles. The molecule has 0 atom stereocenters. The highest BCUT2D eigenvalue weighted by Crippen LogP contribution is 2.23. The predicted octanol–water partition coefficient (Wildman–Crippen LogP) is 4.45. The maximum atomic E-state index is 12.9. The van der Waals surface area contributed by atoms with Crippen molar-refractivity contribution in [3.05, 3.63) is 71.4 Å². The van der Waals surface area contributed by atoms with Gasteiger partial charge in [-0.2, -0.15) is 0 Å². The molecule has 30 heavy (non-hydrogen) atoms. The second kappa shape index (κ2) is 10.1. The molecule has 0 radical (unpaired) electrons. The highest BCUT2D eigenvalue weighted by molar-refractivity contribution is 5.85. The van der Waals surface area contributed by atoms with Gasteiger partial charge in [0.2, 0.25) is 5.91 Å². The predicted molar refractivity (Wildman–Crippen MR) is 120 cm³/mol. The van der Waals surface area contributed by atoms with Gasteiger partial charge in [0.15, 0.2) is 0 Å². The lowest BCUT2D eigenvalue weighted by Gasteiger charge is -2.21. The number of nitrogens with zero attached hydrogens (tertiary/aromatic N) is 2. The SMILES string of the molecule is CCCn1cc(CCC(=O)N(CCc2ccccc2C)CC(=O)O)c2ccccc21. The van der Waals surface area contributed by atoms with Gasteiger partial charge in [-0.15, -0.1) is 0 Å². The minimum absolute atomic E-state index is 0.113. The second-order valence-electron chi connectivity index (χ2n) is 7.75. The molecule has 0 aliphatic heterocycles. The van der Waals surface area contributed by atoms with Crippen molar-refractivity contribution in [3.8, 4) is 0 Å². The molecular weight excluding hydrogens is 376 g/mol. The topological polar surface area (TPSA) is 62.5 Å². The Balaban J connectivity index is 1.69. The number of carboxylic acid groups (broad SMARTS) is 1. The number of carbonyl (C=O) groups excluding carboxylic acids is 1. The molecule has 3 rings (SSSR count). The molecule has 0 aliphatic carbocycles. The third-order valence-electron chi connectivity index (χ3n) is 5.53. The van der Waals surface area contributed by atoms with E-state index in [9.17, 15) is 14.7 Å². The van der Waals surface area contributed by atoms with Crippen LogP contribution in [-0.4, -0.2) is 39.5 Å². The Morgan fingerprint density at radius 2 is 1.73 bits per heavy atom. The number of carbonyl (C=O) groups is 2. The molecule has 3 aromatic rings. The van der Waals surface area contributed by atoms with Crippen LogP contribution in [0.1, 0.15) is 36.5 Å². The van der Waals surface area contributed by atoms with Crippen LogP contribution in [0, 0.1) is 6.92 Å². The summed E-state index contributed by atoms with van der Waals surface area (Å²) in [5.74, 6) is -1.09.